The Kier molecular flexibility index (Phi) is 4.66. The molecule has 0 fully saturated rings. The molecule has 2 rings (SSSR count). The molecular formula is C16H16O5. The monoisotopic (exact) mass is 288 g/mol. The minimum absolute atomic E-state index is 0.00632. The predicted molar refractivity (Wildman–Crippen MR) is 76.5 cm³/mol. The van der Waals surface area contributed by atoms with E-state index in [1.807, 2.05) is 0 Å². The van der Waals surface area contributed by atoms with Crippen LogP contribution in [0.4, 0.5) is 0 Å². The van der Waals surface area contributed by atoms with E-state index in [2.05, 4.69) is 0 Å². The van der Waals surface area contributed by atoms with Crippen LogP contribution in [0.25, 0.3) is 0 Å². The van der Waals surface area contributed by atoms with Crippen LogP contribution in [0, 0.1) is 0 Å². The van der Waals surface area contributed by atoms with Crippen LogP contribution >= 0.6 is 0 Å². The highest BCUT2D eigenvalue weighted by atomic mass is 16.5. The molecule has 1 unspecified atom stereocenters. The molecule has 0 heterocycles. The van der Waals surface area contributed by atoms with Crippen molar-refractivity contribution in [3.8, 4) is 17.2 Å². The predicted octanol–water partition coefficient (Wildman–Crippen LogP) is 2.43. The molecule has 0 aliphatic rings. The summed E-state index contributed by atoms with van der Waals surface area (Å²) in [5, 5.41) is 18.9. The van der Waals surface area contributed by atoms with Gasteiger partial charge in [-0.1, -0.05) is 24.3 Å². The number of carbonyl (C=O) groups excluding carboxylic acids is 1. The number of hydrogen-bond acceptors (Lipinski definition) is 5. The van der Waals surface area contributed by atoms with Crippen LogP contribution in [-0.2, 0) is 9.53 Å². The fraction of sp³-hybridized carbons (Fsp3) is 0.188. The van der Waals surface area contributed by atoms with Crippen LogP contribution in [0.3, 0.4) is 0 Å². The average Bonchev–Trinajstić information content (AvgIpc) is 2.50. The van der Waals surface area contributed by atoms with E-state index >= 15 is 0 Å². The molecule has 0 aliphatic heterocycles. The topological polar surface area (TPSA) is 76.0 Å². The fourth-order valence-corrected chi connectivity index (χ4v) is 1.90. The molecule has 0 saturated heterocycles. The molecule has 0 saturated carbocycles. The molecule has 0 aromatic heterocycles. The first-order chi connectivity index (χ1) is 10.1. The van der Waals surface area contributed by atoms with Crippen LogP contribution in [0.1, 0.15) is 11.5 Å². The zero-order valence-electron chi connectivity index (χ0n) is 11.5. The largest absolute Gasteiger partial charge is 0.508 e. The lowest BCUT2D eigenvalue weighted by Gasteiger charge is -2.16. The fourth-order valence-electron chi connectivity index (χ4n) is 1.90. The van der Waals surface area contributed by atoms with Crippen molar-refractivity contribution in [2.24, 2.45) is 0 Å². The number of aromatic hydroxyl groups is 2. The number of ether oxygens (including phenoxy) is 2. The second kappa shape index (κ2) is 6.65. The summed E-state index contributed by atoms with van der Waals surface area (Å²) >= 11 is 0. The molecule has 5 heteroatoms. The van der Waals surface area contributed by atoms with Crippen molar-refractivity contribution in [3.63, 3.8) is 0 Å². The number of phenols is 2. The number of phenolic OH excluding ortho intramolecular Hbond substituents is 2. The van der Waals surface area contributed by atoms with Crippen molar-refractivity contribution >= 4 is 5.97 Å². The number of para-hydroxylation sites is 2. The average molecular weight is 288 g/mol. The minimum Gasteiger partial charge on any atom is -0.508 e. The molecule has 0 radical (unpaired) electrons. The zero-order valence-corrected chi connectivity index (χ0v) is 11.5. The Morgan fingerprint density at radius 3 is 2.38 bits per heavy atom. The summed E-state index contributed by atoms with van der Waals surface area (Å²) in [5.41, 5.74) is 0.662. The van der Waals surface area contributed by atoms with Crippen molar-refractivity contribution in [1.29, 1.82) is 0 Å². The summed E-state index contributed by atoms with van der Waals surface area (Å²) in [6.45, 7) is 0.0228. The van der Waals surface area contributed by atoms with E-state index in [0.717, 1.165) is 0 Å². The van der Waals surface area contributed by atoms with E-state index < -0.39 is 11.9 Å². The highest BCUT2D eigenvalue weighted by Gasteiger charge is 2.23. The van der Waals surface area contributed by atoms with Gasteiger partial charge < -0.3 is 19.7 Å². The van der Waals surface area contributed by atoms with Gasteiger partial charge in [0.1, 0.15) is 18.3 Å². The third kappa shape index (κ3) is 3.66. The summed E-state index contributed by atoms with van der Waals surface area (Å²) in [6, 6.07) is 12.8. The Balaban J connectivity index is 2.16. The number of carbonyl (C=O) groups is 1. The van der Waals surface area contributed by atoms with E-state index in [1.165, 1.54) is 25.3 Å². The maximum absolute atomic E-state index is 11.9. The van der Waals surface area contributed by atoms with Gasteiger partial charge in [-0.3, -0.25) is 4.79 Å². The summed E-state index contributed by atoms with van der Waals surface area (Å²) in [4.78, 5) is 11.9. The van der Waals surface area contributed by atoms with Gasteiger partial charge in [0.05, 0.1) is 7.11 Å². The van der Waals surface area contributed by atoms with Gasteiger partial charge >= 0.3 is 5.97 Å². The third-order valence-electron chi connectivity index (χ3n) is 3.05. The van der Waals surface area contributed by atoms with Gasteiger partial charge in [0.15, 0.2) is 11.5 Å². The molecule has 1 atom stereocenters. The van der Waals surface area contributed by atoms with Crippen molar-refractivity contribution in [2.75, 3.05) is 13.7 Å². The lowest BCUT2D eigenvalue weighted by molar-refractivity contribution is -0.143. The Bertz CT molecular complexity index is 606. The summed E-state index contributed by atoms with van der Waals surface area (Å²) in [7, 11) is 1.30. The Hall–Kier alpha value is -2.69. The summed E-state index contributed by atoms with van der Waals surface area (Å²) < 4.78 is 10.3. The van der Waals surface area contributed by atoms with E-state index in [0.29, 0.717) is 11.3 Å². The van der Waals surface area contributed by atoms with Crippen LogP contribution in [-0.4, -0.2) is 29.9 Å². The van der Waals surface area contributed by atoms with E-state index in [-0.39, 0.29) is 18.1 Å². The van der Waals surface area contributed by atoms with E-state index in [4.69, 9.17) is 9.47 Å². The van der Waals surface area contributed by atoms with Crippen molar-refractivity contribution in [3.05, 3.63) is 54.1 Å². The van der Waals surface area contributed by atoms with Crippen molar-refractivity contribution in [2.45, 2.75) is 5.92 Å². The van der Waals surface area contributed by atoms with Gasteiger partial charge in [-0.05, 0) is 29.8 Å². The Morgan fingerprint density at radius 2 is 1.76 bits per heavy atom. The lowest BCUT2D eigenvalue weighted by Crippen LogP contribution is -2.21. The standard InChI is InChI=1S/C16H16O5/c1-20-16(19)13(11-6-8-12(17)9-7-11)10-21-15-5-3-2-4-14(15)18/h2-9,13,17-18H,10H2,1H3. The van der Waals surface area contributed by atoms with Crippen molar-refractivity contribution < 1.29 is 24.5 Å². The minimum atomic E-state index is -0.643. The van der Waals surface area contributed by atoms with Gasteiger partial charge in [-0.25, -0.2) is 0 Å². The third-order valence-corrected chi connectivity index (χ3v) is 3.05. The number of esters is 1. The zero-order chi connectivity index (χ0) is 15.2. The molecule has 5 nitrogen and oxygen atoms in total. The van der Waals surface area contributed by atoms with Crippen LogP contribution in [0.15, 0.2) is 48.5 Å². The molecule has 21 heavy (non-hydrogen) atoms. The van der Waals surface area contributed by atoms with E-state index in [9.17, 15) is 15.0 Å². The number of hydrogen-bond donors (Lipinski definition) is 2. The maximum Gasteiger partial charge on any atom is 0.316 e. The highest BCUT2D eigenvalue weighted by molar-refractivity contribution is 5.78. The number of benzene rings is 2. The summed E-state index contributed by atoms with van der Waals surface area (Å²) in [5.74, 6) is -0.674. The second-order valence-corrected chi connectivity index (χ2v) is 4.45. The smallest absolute Gasteiger partial charge is 0.316 e. The first kappa shape index (κ1) is 14.7. The molecule has 0 amide bonds. The van der Waals surface area contributed by atoms with Crippen LogP contribution in [0.2, 0.25) is 0 Å². The Morgan fingerprint density at radius 1 is 1.10 bits per heavy atom. The normalized spacial score (nSPS) is 11.7. The summed E-state index contributed by atoms with van der Waals surface area (Å²) in [6.07, 6.45) is 0. The first-order valence-corrected chi connectivity index (χ1v) is 6.39. The quantitative estimate of drug-likeness (QED) is 0.826. The van der Waals surface area contributed by atoms with Gasteiger partial charge in [0.2, 0.25) is 0 Å². The first-order valence-electron chi connectivity index (χ1n) is 6.39. The molecule has 0 aliphatic carbocycles. The molecule has 2 N–H and O–H groups in total. The van der Waals surface area contributed by atoms with Gasteiger partial charge in [-0.2, -0.15) is 0 Å². The Labute approximate surface area is 122 Å². The van der Waals surface area contributed by atoms with Crippen LogP contribution < -0.4 is 4.74 Å². The molecule has 0 bridgehead atoms. The molecular weight excluding hydrogens is 272 g/mol. The molecule has 110 valence electrons. The lowest BCUT2D eigenvalue weighted by atomic mass is 10.00. The number of rotatable bonds is 5. The molecule has 0 spiro atoms. The second-order valence-electron chi connectivity index (χ2n) is 4.45. The van der Waals surface area contributed by atoms with Crippen LogP contribution in [0.5, 0.6) is 17.2 Å². The van der Waals surface area contributed by atoms with Gasteiger partial charge in [-0.15, -0.1) is 0 Å². The SMILES string of the molecule is COC(=O)C(COc1ccccc1O)c1ccc(O)cc1. The number of methoxy groups -OCH3 is 1. The van der Waals surface area contributed by atoms with Gasteiger partial charge in [0.25, 0.3) is 0 Å². The van der Waals surface area contributed by atoms with E-state index in [1.54, 1.807) is 30.3 Å². The van der Waals surface area contributed by atoms with Gasteiger partial charge in [0, 0.05) is 0 Å². The highest BCUT2D eigenvalue weighted by Crippen LogP contribution is 2.27. The van der Waals surface area contributed by atoms with Crippen molar-refractivity contribution in [1.82, 2.24) is 0 Å². The molecule has 2 aromatic carbocycles. The maximum atomic E-state index is 11.9. The molecule has 2 aromatic rings.